The third-order valence-electron chi connectivity index (χ3n) is 4.31. The van der Waals surface area contributed by atoms with Gasteiger partial charge in [-0.25, -0.2) is 13.2 Å². The first kappa shape index (κ1) is 18.0. The van der Waals surface area contributed by atoms with Gasteiger partial charge in [0.1, 0.15) is 5.82 Å². The number of hydrogen-bond donors (Lipinski definition) is 0. The molecule has 0 aliphatic rings. The highest BCUT2D eigenvalue weighted by Gasteiger charge is 2.22. The molecular weight excluding hydrogens is 333 g/mol. The summed E-state index contributed by atoms with van der Waals surface area (Å²) in [6.45, 7) is 0. The Morgan fingerprint density at radius 1 is 0.692 bits per heavy atom. The standard InChI is InChI=1S/C23H19F3/c24-21-14-12-18(13-15-21)7-6-17-8-10-19(11-9-17)16-22(23(25)26)20-4-2-1-3-5-20/h1-15,22-23H,16H2/t22-/m0/s1. The van der Waals surface area contributed by atoms with Crippen LogP contribution in [0.15, 0.2) is 78.9 Å². The summed E-state index contributed by atoms with van der Waals surface area (Å²) in [5.74, 6) is -1.07. The van der Waals surface area contributed by atoms with Crippen LogP contribution in [0.2, 0.25) is 0 Å². The molecule has 0 N–H and O–H groups in total. The first-order valence-corrected chi connectivity index (χ1v) is 8.47. The van der Waals surface area contributed by atoms with Crippen LogP contribution >= 0.6 is 0 Å². The summed E-state index contributed by atoms with van der Waals surface area (Å²) in [5, 5.41) is 0. The minimum absolute atomic E-state index is 0.265. The molecule has 0 aliphatic heterocycles. The summed E-state index contributed by atoms with van der Waals surface area (Å²) in [4.78, 5) is 0. The van der Waals surface area contributed by atoms with Crippen LogP contribution in [0.3, 0.4) is 0 Å². The van der Waals surface area contributed by atoms with Crippen molar-refractivity contribution in [3.63, 3.8) is 0 Å². The number of alkyl halides is 2. The molecule has 0 amide bonds. The van der Waals surface area contributed by atoms with E-state index in [1.165, 1.54) is 12.1 Å². The third kappa shape index (κ3) is 4.85. The molecule has 3 rings (SSSR count). The van der Waals surface area contributed by atoms with Crippen LogP contribution in [0.5, 0.6) is 0 Å². The summed E-state index contributed by atoms with van der Waals surface area (Å²) < 4.78 is 39.8. The first-order chi connectivity index (χ1) is 12.6. The van der Waals surface area contributed by atoms with E-state index in [4.69, 9.17) is 0 Å². The second kappa shape index (κ2) is 8.52. The molecule has 0 heterocycles. The van der Waals surface area contributed by atoms with Gasteiger partial charge in [0.25, 0.3) is 0 Å². The number of hydrogen-bond acceptors (Lipinski definition) is 0. The fourth-order valence-corrected chi connectivity index (χ4v) is 2.84. The maximum absolute atomic E-state index is 13.4. The largest absolute Gasteiger partial charge is 0.245 e. The summed E-state index contributed by atoms with van der Waals surface area (Å²) in [6, 6.07) is 22.7. The van der Waals surface area contributed by atoms with Crippen LogP contribution < -0.4 is 0 Å². The fourth-order valence-electron chi connectivity index (χ4n) is 2.84. The maximum Gasteiger partial charge on any atom is 0.245 e. The Hall–Kier alpha value is -2.81. The lowest BCUT2D eigenvalue weighted by molar-refractivity contribution is 0.114. The minimum atomic E-state index is -2.41. The van der Waals surface area contributed by atoms with Crippen molar-refractivity contribution in [3.8, 4) is 0 Å². The molecule has 3 aromatic rings. The van der Waals surface area contributed by atoms with E-state index in [1.807, 2.05) is 42.5 Å². The zero-order valence-electron chi connectivity index (χ0n) is 14.2. The lowest BCUT2D eigenvalue weighted by Gasteiger charge is -2.16. The predicted molar refractivity (Wildman–Crippen MR) is 101 cm³/mol. The van der Waals surface area contributed by atoms with Crippen molar-refractivity contribution < 1.29 is 13.2 Å². The van der Waals surface area contributed by atoms with Crippen LogP contribution in [0.25, 0.3) is 12.2 Å². The highest BCUT2D eigenvalue weighted by Crippen LogP contribution is 2.27. The Bertz CT molecular complexity index is 835. The fraction of sp³-hybridized carbons (Fsp3) is 0.130. The molecule has 26 heavy (non-hydrogen) atoms. The zero-order valence-corrected chi connectivity index (χ0v) is 14.2. The van der Waals surface area contributed by atoms with E-state index in [0.717, 1.165) is 16.7 Å². The Morgan fingerprint density at radius 3 is 1.77 bits per heavy atom. The van der Waals surface area contributed by atoms with Crippen molar-refractivity contribution in [1.82, 2.24) is 0 Å². The van der Waals surface area contributed by atoms with Crippen LogP contribution in [-0.2, 0) is 6.42 Å². The van der Waals surface area contributed by atoms with Gasteiger partial charge in [0, 0.05) is 5.92 Å². The van der Waals surface area contributed by atoms with Gasteiger partial charge in [-0.3, -0.25) is 0 Å². The van der Waals surface area contributed by atoms with Crippen molar-refractivity contribution in [2.75, 3.05) is 0 Å². The van der Waals surface area contributed by atoms with Gasteiger partial charge in [-0.2, -0.15) is 0 Å². The van der Waals surface area contributed by atoms with Gasteiger partial charge >= 0.3 is 0 Å². The molecule has 0 nitrogen and oxygen atoms in total. The molecule has 0 spiro atoms. The van der Waals surface area contributed by atoms with Gasteiger partial charge in [0.05, 0.1) is 0 Å². The van der Waals surface area contributed by atoms with E-state index in [0.29, 0.717) is 12.0 Å². The quantitative estimate of drug-likeness (QED) is 0.439. The molecule has 0 bridgehead atoms. The lowest BCUT2D eigenvalue weighted by atomic mass is 9.92. The smallest absolute Gasteiger partial charge is 0.210 e. The van der Waals surface area contributed by atoms with E-state index < -0.39 is 12.3 Å². The molecule has 1 atom stereocenters. The summed E-state index contributed by atoms with van der Waals surface area (Å²) in [6.07, 6.45) is 1.69. The summed E-state index contributed by atoms with van der Waals surface area (Å²) in [5.41, 5.74) is 3.39. The molecule has 0 unspecified atom stereocenters. The van der Waals surface area contributed by atoms with Crippen LogP contribution in [0.4, 0.5) is 13.2 Å². The van der Waals surface area contributed by atoms with Gasteiger partial charge < -0.3 is 0 Å². The van der Waals surface area contributed by atoms with Gasteiger partial charge in [0.2, 0.25) is 6.43 Å². The SMILES string of the molecule is Fc1ccc(C=Cc2ccc(C[C@@H](c3ccccc3)C(F)F)cc2)cc1. The van der Waals surface area contributed by atoms with Crippen molar-refractivity contribution in [3.05, 3.63) is 107 Å². The molecule has 0 saturated carbocycles. The van der Waals surface area contributed by atoms with E-state index >= 15 is 0 Å². The Labute approximate surface area is 151 Å². The maximum atomic E-state index is 13.4. The second-order valence-electron chi connectivity index (χ2n) is 6.18. The van der Waals surface area contributed by atoms with E-state index in [1.54, 1.807) is 36.4 Å². The van der Waals surface area contributed by atoms with Crippen LogP contribution in [0, 0.1) is 5.82 Å². The van der Waals surface area contributed by atoms with Gasteiger partial charge in [-0.05, 0) is 40.8 Å². The molecule has 0 saturated heterocycles. The summed E-state index contributed by atoms with van der Waals surface area (Å²) >= 11 is 0. The van der Waals surface area contributed by atoms with Crippen molar-refractivity contribution in [1.29, 1.82) is 0 Å². The van der Waals surface area contributed by atoms with Crippen molar-refractivity contribution in [2.24, 2.45) is 0 Å². The summed E-state index contributed by atoms with van der Waals surface area (Å²) in [7, 11) is 0. The highest BCUT2D eigenvalue weighted by atomic mass is 19.3. The predicted octanol–water partition coefficient (Wildman–Crippen LogP) is 6.59. The van der Waals surface area contributed by atoms with E-state index in [9.17, 15) is 13.2 Å². The van der Waals surface area contributed by atoms with Crippen LogP contribution in [0.1, 0.15) is 28.2 Å². The van der Waals surface area contributed by atoms with E-state index in [2.05, 4.69) is 0 Å². The number of halogens is 3. The molecular formula is C23H19F3. The second-order valence-corrected chi connectivity index (χ2v) is 6.18. The monoisotopic (exact) mass is 352 g/mol. The number of benzene rings is 3. The van der Waals surface area contributed by atoms with Crippen molar-refractivity contribution >= 4 is 12.2 Å². The molecule has 0 aromatic heterocycles. The topological polar surface area (TPSA) is 0 Å². The highest BCUT2D eigenvalue weighted by molar-refractivity contribution is 5.69. The lowest BCUT2D eigenvalue weighted by Crippen LogP contribution is -2.12. The van der Waals surface area contributed by atoms with Crippen LogP contribution in [-0.4, -0.2) is 6.43 Å². The van der Waals surface area contributed by atoms with Gasteiger partial charge in [-0.1, -0.05) is 78.9 Å². The molecule has 3 heteroatoms. The third-order valence-corrected chi connectivity index (χ3v) is 4.31. The molecule has 0 aliphatic carbocycles. The van der Waals surface area contributed by atoms with E-state index in [-0.39, 0.29) is 5.82 Å². The normalized spacial score (nSPS) is 12.6. The molecule has 132 valence electrons. The van der Waals surface area contributed by atoms with Gasteiger partial charge in [-0.15, -0.1) is 0 Å². The Morgan fingerprint density at radius 2 is 1.23 bits per heavy atom. The Kier molecular flexibility index (Phi) is 5.90. The molecule has 3 aromatic carbocycles. The molecule has 0 radical (unpaired) electrons. The molecule has 0 fully saturated rings. The number of rotatable bonds is 6. The van der Waals surface area contributed by atoms with Gasteiger partial charge in [0.15, 0.2) is 0 Å². The zero-order chi connectivity index (χ0) is 18.4. The Balaban J connectivity index is 1.69. The average molecular weight is 352 g/mol. The average Bonchev–Trinajstić information content (AvgIpc) is 2.67. The van der Waals surface area contributed by atoms with Crippen molar-refractivity contribution in [2.45, 2.75) is 18.8 Å². The first-order valence-electron chi connectivity index (χ1n) is 8.47. The minimum Gasteiger partial charge on any atom is -0.210 e.